The summed E-state index contributed by atoms with van der Waals surface area (Å²) in [6.45, 7) is 10.9. The predicted molar refractivity (Wildman–Crippen MR) is 101 cm³/mol. The second-order valence-electron chi connectivity index (χ2n) is 7.66. The monoisotopic (exact) mass is 324 g/mol. The molecule has 2 heterocycles. The molecule has 24 heavy (non-hydrogen) atoms. The van der Waals surface area contributed by atoms with Crippen LogP contribution in [-0.2, 0) is 5.41 Å². The van der Waals surface area contributed by atoms with Gasteiger partial charge in [-0.2, -0.15) is 4.98 Å². The lowest BCUT2D eigenvalue weighted by Crippen LogP contribution is -2.31. The second-order valence-corrected chi connectivity index (χ2v) is 7.66. The third-order valence-electron chi connectivity index (χ3n) is 4.48. The van der Waals surface area contributed by atoms with Crippen LogP contribution in [0.15, 0.2) is 30.3 Å². The molecule has 0 atom stereocenters. The van der Waals surface area contributed by atoms with E-state index in [1.165, 1.54) is 24.8 Å². The van der Waals surface area contributed by atoms with Crippen molar-refractivity contribution in [3.8, 4) is 0 Å². The number of piperidine rings is 1. The van der Waals surface area contributed by atoms with Crippen molar-refractivity contribution in [2.45, 2.75) is 52.4 Å². The molecule has 0 bridgehead atoms. The molecule has 0 saturated carbocycles. The lowest BCUT2D eigenvalue weighted by atomic mass is 9.86. The van der Waals surface area contributed by atoms with Gasteiger partial charge in [0.2, 0.25) is 5.95 Å². The number of benzene rings is 1. The third kappa shape index (κ3) is 3.86. The lowest BCUT2D eigenvalue weighted by molar-refractivity contribution is 0.568. The first kappa shape index (κ1) is 16.7. The normalized spacial score (nSPS) is 15.4. The van der Waals surface area contributed by atoms with Crippen molar-refractivity contribution < 1.29 is 0 Å². The van der Waals surface area contributed by atoms with E-state index < -0.39 is 0 Å². The fraction of sp³-hybridized carbons (Fsp3) is 0.500. The maximum Gasteiger partial charge on any atom is 0.227 e. The number of aromatic nitrogens is 2. The standard InChI is InChI=1S/C20H28N4/c1-15-14-18(23-19(21-15)24-12-8-5-9-13-24)22-17-11-7-6-10-16(17)20(2,3)4/h6-7,10-11,14H,5,8-9,12-13H2,1-4H3,(H,21,22,23). The highest BCUT2D eigenvalue weighted by Crippen LogP contribution is 2.31. The summed E-state index contributed by atoms with van der Waals surface area (Å²) in [4.78, 5) is 11.7. The molecule has 2 aromatic rings. The molecule has 0 spiro atoms. The summed E-state index contributed by atoms with van der Waals surface area (Å²) in [5, 5.41) is 3.52. The number of hydrogen-bond acceptors (Lipinski definition) is 4. The van der Waals surface area contributed by atoms with Gasteiger partial charge < -0.3 is 10.2 Å². The smallest absolute Gasteiger partial charge is 0.227 e. The predicted octanol–water partition coefficient (Wildman–Crippen LogP) is 4.82. The zero-order valence-electron chi connectivity index (χ0n) is 15.3. The first-order valence-corrected chi connectivity index (χ1v) is 8.91. The van der Waals surface area contributed by atoms with E-state index in [2.05, 4.69) is 60.2 Å². The van der Waals surface area contributed by atoms with E-state index in [-0.39, 0.29) is 5.41 Å². The minimum Gasteiger partial charge on any atom is -0.341 e. The summed E-state index contributed by atoms with van der Waals surface area (Å²) in [5.74, 6) is 1.73. The van der Waals surface area contributed by atoms with E-state index in [1.54, 1.807) is 0 Å². The maximum atomic E-state index is 4.78. The van der Waals surface area contributed by atoms with Crippen LogP contribution in [0.4, 0.5) is 17.5 Å². The van der Waals surface area contributed by atoms with Gasteiger partial charge in [0.15, 0.2) is 0 Å². The fourth-order valence-electron chi connectivity index (χ4n) is 3.24. The Morgan fingerprint density at radius 1 is 1.00 bits per heavy atom. The molecule has 1 fully saturated rings. The van der Waals surface area contributed by atoms with Gasteiger partial charge in [0.25, 0.3) is 0 Å². The Morgan fingerprint density at radius 3 is 2.42 bits per heavy atom. The van der Waals surface area contributed by atoms with E-state index in [4.69, 9.17) is 4.98 Å². The van der Waals surface area contributed by atoms with Gasteiger partial charge in [-0.25, -0.2) is 4.98 Å². The van der Waals surface area contributed by atoms with Gasteiger partial charge >= 0.3 is 0 Å². The number of nitrogens with zero attached hydrogens (tertiary/aromatic N) is 3. The first-order chi connectivity index (χ1) is 11.4. The van der Waals surface area contributed by atoms with Gasteiger partial charge in [0.1, 0.15) is 5.82 Å². The number of anilines is 3. The molecular weight excluding hydrogens is 296 g/mol. The van der Waals surface area contributed by atoms with E-state index in [0.29, 0.717) is 0 Å². The topological polar surface area (TPSA) is 41.1 Å². The zero-order chi connectivity index (χ0) is 17.2. The molecule has 0 aliphatic carbocycles. The van der Waals surface area contributed by atoms with Gasteiger partial charge in [-0.05, 0) is 43.2 Å². The molecule has 0 unspecified atom stereocenters. The van der Waals surface area contributed by atoms with Crippen LogP contribution in [0.25, 0.3) is 0 Å². The molecule has 3 rings (SSSR count). The fourth-order valence-corrected chi connectivity index (χ4v) is 3.24. The number of para-hydroxylation sites is 1. The van der Waals surface area contributed by atoms with Crippen LogP contribution in [0.3, 0.4) is 0 Å². The highest BCUT2D eigenvalue weighted by Gasteiger charge is 2.19. The zero-order valence-corrected chi connectivity index (χ0v) is 15.3. The molecule has 128 valence electrons. The molecule has 1 N–H and O–H groups in total. The molecule has 1 aliphatic heterocycles. The summed E-state index contributed by atoms with van der Waals surface area (Å²) in [5.41, 5.74) is 3.50. The third-order valence-corrected chi connectivity index (χ3v) is 4.48. The number of aryl methyl sites for hydroxylation is 1. The highest BCUT2D eigenvalue weighted by atomic mass is 15.3. The van der Waals surface area contributed by atoms with E-state index in [9.17, 15) is 0 Å². The van der Waals surface area contributed by atoms with E-state index >= 15 is 0 Å². The Hall–Kier alpha value is -2.10. The Kier molecular flexibility index (Phi) is 4.74. The highest BCUT2D eigenvalue weighted by molar-refractivity contribution is 5.63. The van der Waals surface area contributed by atoms with Gasteiger partial charge in [0, 0.05) is 30.5 Å². The molecule has 1 aliphatic rings. The van der Waals surface area contributed by atoms with E-state index in [1.807, 2.05) is 13.0 Å². The summed E-state index contributed by atoms with van der Waals surface area (Å²) >= 11 is 0. The van der Waals surface area contributed by atoms with Gasteiger partial charge in [-0.15, -0.1) is 0 Å². The first-order valence-electron chi connectivity index (χ1n) is 8.91. The molecule has 0 amide bonds. The molecule has 0 radical (unpaired) electrons. The van der Waals surface area contributed by atoms with E-state index in [0.717, 1.165) is 36.2 Å². The van der Waals surface area contributed by atoms with Crippen molar-refractivity contribution in [1.82, 2.24) is 9.97 Å². The number of hydrogen-bond donors (Lipinski definition) is 1. The summed E-state index contributed by atoms with van der Waals surface area (Å²) in [6, 6.07) is 10.5. The second kappa shape index (κ2) is 6.80. The van der Waals surface area contributed by atoms with Gasteiger partial charge in [0.05, 0.1) is 0 Å². The number of nitrogens with one attached hydrogen (secondary N) is 1. The lowest BCUT2D eigenvalue weighted by Gasteiger charge is -2.27. The van der Waals surface area contributed by atoms with Crippen LogP contribution in [0.1, 0.15) is 51.3 Å². The quantitative estimate of drug-likeness (QED) is 0.879. The molecule has 1 aromatic carbocycles. The van der Waals surface area contributed by atoms with Crippen molar-refractivity contribution in [2.75, 3.05) is 23.3 Å². The van der Waals surface area contributed by atoms with Crippen LogP contribution < -0.4 is 10.2 Å². The Morgan fingerprint density at radius 2 is 1.71 bits per heavy atom. The van der Waals surface area contributed by atoms with Crippen LogP contribution in [0, 0.1) is 6.92 Å². The molecule has 4 heteroatoms. The van der Waals surface area contributed by atoms with Gasteiger partial charge in [-0.1, -0.05) is 39.0 Å². The average molecular weight is 324 g/mol. The molecule has 1 aromatic heterocycles. The van der Waals surface area contributed by atoms with Crippen LogP contribution in [0.5, 0.6) is 0 Å². The maximum absolute atomic E-state index is 4.78. The Labute approximate surface area is 145 Å². The van der Waals surface area contributed by atoms with Crippen molar-refractivity contribution in [1.29, 1.82) is 0 Å². The number of rotatable bonds is 3. The average Bonchev–Trinajstić information content (AvgIpc) is 2.55. The summed E-state index contributed by atoms with van der Waals surface area (Å²) in [7, 11) is 0. The largest absolute Gasteiger partial charge is 0.341 e. The molecule has 1 saturated heterocycles. The van der Waals surface area contributed by atoms with Crippen molar-refractivity contribution in [2.24, 2.45) is 0 Å². The minimum absolute atomic E-state index is 0.0847. The van der Waals surface area contributed by atoms with Crippen molar-refractivity contribution in [3.63, 3.8) is 0 Å². The molecular formula is C20H28N4. The molecule has 4 nitrogen and oxygen atoms in total. The SMILES string of the molecule is Cc1cc(Nc2ccccc2C(C)(C)C)nc(N2CCCCC2)n1. The summed E-state index contributed by atoms with van der Waals surface area (Å²) in [6.07, 6.45) is 3.77. The van der Waals surface area contributed by atoms with Crippen LogP contribution in [0.2, 0.25) is 0 Å². The summed E-state index contributed by atoms with van der Waals surface area (Å²) < 4.78 is 0. The van der Waals surface area contributed by atoms with Crippen LogP contribution >= 0.6 is 0 Å². The Balaban J connectivity index is 1.90. The van der Waals surface area contributed by atoms with Crippen LogP contribution in [-0.4, -0.2) is 23.1 Å². The van der Waals surface area contributed by atoms with Gasteiger partial charge in [-0.3, -0.25) is 0 Å². The van der Waals surface area contributed by atoms with Crippen molar-refractivity contribution >= 4 is 17.5 Å². The van der Waals surface area contributed by atoms with Crippen molar-refractivity contribution in [3.05, 3.63) is 41.6 Å². The minimum atomic E-state index is 0.0847. The Bertz CT molecular complexity index is 697.